The Morgan fingerprint density at radius 3 is 2.41 bits per heavy atom. The number of halogens is 1. The Hall–Kier alpha value is -2.33. The minimum absolute atomic E-state index is 0.424. The summed E-state index contributed by atoms with van der Waals surface area (Å²) in [6.07, 6.45) is 0. The lowest BCUT2D eigenvalue weighted by atomic mass is 10.1. The van der Waals surface area contributed by atoms with E-state index in [0.29, 0.717) is 21.5 Å². The molecular weight excluding hydrogens is 344 g/mol. The second-order valence-corrected chi connectivity index (χ2v) is 5.60. The molecule has 0 aromatic heterocycles. The number of carbonyl (C=O) groups excluding carboxylic acids is 1. The zero-order valence-corrected chi connectivity index (χ0v) is 13.5. The van der Waals surface area contributed by atoms with Crippen LogP contribution in [0.5, 0.6) is 11.5 Å². The summed E-state index contributed by atoms with van der Waals surface area (Å²) >= 11 is 3.36. The molecule has 3 rings (SSSR count). The Kier molecular flexibility index (Phi) is 4.11. The van der Waals surface area contributed by atoms with E-state index < -0.39 is 5.97 Å². The lowest BCUT2D eigenvalue weighted by Crippen LogP contribution is -2.09. The van der Waals surface area contributed by atoms with E-state index in [1.807, 2.05) is 36.4 Å². The van der Waals surface area contributed by atoms with Gasteiger partial charge >= 0.3 is 5.97 Å². The third-order valence-electron chi connectivity index (χ3n) is 3.32. The predicted molar refractivity (Wildman–Crippen MR) is 89.6 cm³/mol. The van der Waals surface area contributed by atoms with E-state index in [9.17, 15) is 4.79 Å². The fourth-order valence-electron chi connectivity index (χ4n) is 2.18. The summed E-state index contributed by atoms with van der Waals surface area (Å²) < 4.78 is 11.3. The molecule has 110 valence electrons. The van der Waals surface area contributed by atoms with E-state index in [1.54, 1.807) is 31.4 Å². The Balaban J connectivity index is 1.89. The molecule has 0 fully saturated rings. The van der Waals surface area contributed by atoms with Crippen LogP contribution in [-0.2, 0) is 0 Å². The maximum Gasteiger partial charge on any atom is 0.344 e. The van der Waals surface area contributed by atoms with Gasteiger partial charge in [-0.2, -0.15) is 0 Å². The van der Waals surface area contributed by atoms with Crippen LogP contribution in [-0.4, -0.2) is 13.1 Å². The molecule has 0 unspecified atom stereocenters. The van der Waals surface area contributed by atoms with Gasteiger partial charge in [-0.05, 0) is 57.0 Å². The van der Waals surface area contributed by atoms with Gasteiger partial charge in [-0.25, -0.2) is 4.79 Å². The van der Waals surface area contributed by atoms with E-state index in [-0.39, 0.29) is 0 Å². The summed E-state index contributed by atoms with van der Waals surface area (Å²) in [5.74, 6) is 0.688. The number of carbonyl (C=O) groups is 1. The first kappa shape index (κ1) is 14.6. The van der Waals surface area contributed by atoms with Crippen molar-refractivity contribution < 1.29 is 14.3 Å². The van der Waals surface area contributed by atoms with Gasteiger partial charge in [0, 0.05) is 4.47 Å². The number of ether oxygens (including phenoxy) is 2. The van der Waals surface area contributed by atoms with Crippen molar-refractivity contribution in [1.29, 1.82) is 0 Å². The van der Waals surface area contributed by atoms with Gasteiger partial charge in [-0.15, -0.1) is 0 Å². The minimum atomic E-state index is -0.430. The second kappa shape index (κ2) is 6.20. The van der Waals surface area contributed by atoms with Crippen molar-refractivity contribution in [3.8, 4) is 11.5 Å². The molecule has 0 aliphatic rings. The number of methoxy groups -OCH3 is 1. The molecule has 0 N–H and O–H groups in total. The number of fused-ring (bicyclic) bond motifs is 1. The van der Waals surface area contributed by atoms with Crippen molar-refractivity contribution in [3.05, 3.63) is 70.7 Å². The van der Waals surface area contributed by atoms with Crippen LogP contribution in [0.4, 0.5) is 0 Å². The second-order valence-electron chi connectivity index (χ2n) is 4.74. The molecule has 0 heterocycles. The molecule has 3 aromatic carbocycles. The molecule has 0 spiro atoms. The van der Waals surface area contributed by atoms with E-state index in [4.69, 9.17) is 9.47 Å². The summed E-state index contributed by atoms with van der Waals surface area (Å²) in [4.78, 5) is 12.3. The third kappa shape index (κ3) is 2.97. The SMILES string of the molecule is COc1ccc(Br)c(C(=O)Oc2ccc3ccccc3c2)c1. The molecule has 0 amide bonds. The lowest BCUT2D eigenvalue weighted by Gasteiger charge is -2.08. The molecule has 0 radical (unpaired) electrons. The third-order valence-corrected chi connectivity index (χ3v) is 4.02. The first-order valence-corrected chi connectivity index (χ1v) is 7.51. The van der Waals surface area contributed by atoms with Crippen molar-refractivity contribution in [3.63, 3.8) is 0 Å². The fourth-order valence-corrected chi connectivity index (χ4v) is 2.59. The molecular formula is C18H13BrO3. The summed E-state index contributed by atoms with van der Waals surface area (Å²) in [5.41, 5.74) is 0.424. The number of benzene rings is 3. The van der Waals surface area contributed by atoms with E-state index in [2.05, 4.69) is 15.9 Å². The molecule has 0 atom stereocenters. The average Bonchev–Trinajstić information content (AvgIpc) is 2.55. The Bertz CT molecular complexity index is 843. The van der Waals surface area contributed by atoms with Crippen LogP contribution in [0.3, 0.4) is 0 Å². The molecule has 0 saturated heterocycles. The van der Waals surface area contributed by atoms with Gasteiger partial charge in [0.25, 0.3) is 0 Å². The minimum Gasteiger partial charge on any atom is -0.497 e. The molecule has 0 bridgehead atoms. The number of esters is 1. The Labute approximate surface area is 136 Å². The molecule has 4 heteroatoms. The van der Waals surface area contributed by atoms with Crippen LogP contribution in [0.15, 0.2) is 65.1 Å². The molecule has 3 nitrogen and oxygen atoms in total. The number of hydrogen-bond acceptors (Lipinski definition) is 3. The van der Waals surface area contributed by atoms with Gasteiger partial charge in [-0.3, -0.25) is 0 Å². The molecule has 22 heavy (non-hydrogen) atoms. The van der Waals surface area contributed by atoms with Gasteiger partial charge < -0.3 is 9.47 Å². The van der Waals surface area contributed by atoms with Crippen LogP contribution >= 0.6 is 15.9 Å². The van der Waals surface area contributed by atoms with Gasteiger partial charge in [0.2, 0.25) is 0 Å². The quantitative estimate of drug-likeness (QED) is 0.498. The normalized spacial score (nSPS) is 10.5. The van der Waals surface area contributed by atoms with Gasteiger partial charge in [0.1, 0.15) is 11.5 Å². The van der Waals surface area contributed by atoms with Crippen LogP contribution in [0.2, 0.25) is 0 Å². The van der Waals surface area contributed by atoms with Gasteiger partial charge in [-0.1, -0.05) is 30.3 Å². The summed E-state index contributed by atoms with van der Waals surface area (Å²) in [5, 5.41) is 2.13. The number of hydrogen-bond donors (Lipinski definition) is 0. The molecule has 0 aliphatic carbocycles. The van der Waals surface area contributed by atoms with E-state index in [0.717, 1.165) is 10.8 Å². The maximum atomic E-state index is 12.3. The summed E-state index contributed by atoms with van der Waals surface area (Å²) in [7, 11) is 1.56. The van der Waals surface area contributed by atoms with Crippen LogP contribution in [0.25, 0.3) is 10.8 Å². The Morgan fingerprint density at radius 2 is 1.64 bits per heavy atom. The monoisotopic (exact) mass is 356 g/mol. The highest BCUT2D eigenvalue weighted by Crippen LogP contribution is 2.25. The van der Waals surface area contributed by atoms with Crippen LogP contribution < -0.4 is 9.47 Å². The zero-order chi connectivity index (χ0) is 15.5. The van der Waals surface area contributed by atoms with Crippen LogP contribution in [0.1, 0.15) is 10.4 Å². The van der Waals surface area contributed by atoms with Crippen molar-refractivity contribution in [1.82, 2.24) is 0 Å². The summed E-state index contributed by atoms with van der Waals surface area (Å²) in [6.45, 7) is 0. The molecule has 3 aromatic rings. The topological polar surface area (TPSA) is 35.5 Å². The van der Waals surface area contributed by atoms with Crippen LogP contribution in [0, 0.1) is 0 Å². The lowest BCUT2D eigenvalue weighted by molar-refractivity contribution is 0.0733. The molecule has 0 saturated carbocycles. The fraction of sp³-hybridized carbons (Fsp3) is 0.0556. The number of rotatable bonds is 3. The summed E-state index contributed by atoms with van der Waals surface area (Å²) in [6, 6.07) is 18.7. The first-order chi connectivity index (χ1) is 10.7. The van der Waals surface area contributed by atoms with Crippen molar-refractivity contribution >= 4 is 32.7 Å². The predicted octanol–water partition coefficient (Wildman–Crippen LogP) is 4.83. The van der Waals surface area contributed by atoms with Crippen molar-refractivity contribution in [2.24, 2.45) is 0 Å². The smallest absolute Gasteiger partial charge is 0.344 e. The largest absolute Gasteiger partial charge is 0.497 e. The van der Waals surface area contributed by atoms with E-state index in [1.165, 1.54) is 0 Å². The Morgan fingerprint density at radius 1 is 0.909 bits per heavy atom. The van der Waals surface area contributed by atoms with Gasteiger partial charge in [0.05, 0.1) is 12.7 Å². The van der Waals surface area contributed by atoms with Crippen molar-refractivity contribution in [2.45, 2.75) is 0 Å². The molecule has 0 aliphatic heterocycles. The van der Waals surface area contributed by atoms with E-state index >= 15 is 0 Å². The average molecular weight is 357 g/mol. The standard InChI is InChI=1S/C18H13BrO3/c1-21-14-8-9-17(19)16(11-14)18(20)22-15-7-6-12-4-2-3-5-13(12)10-15/h2-11H,1H3. The highest BCUT2D eigenvalue weighted by Gasteiger charge is 2.14. The highest BCUT2D eigenvalue weighted by atomic mass is 79.9. The van der Waals surface area contributed by atoms with Gasteiger partial charge in [0.15, 0.2) is 0 Å². The maximum absolute atomic E-state index is 12.3. The zero-order valence-electron chi connectivity index (χ0n) is 11.9. The first-order valence-electron chi connectivity index (χ1n) is 6.72. The van der Waals surface area contributed by atoms with Crippen molar-refractivity contribution in [2.75, 3.05) is 7.11 Å². The highest BCUT2D eigenvalue weighted by molar-refractivity contribution is 9.10.